The van der Waals surface area contributed by atoms with Gasteiger partial charge in [-0.05, 0) is 13.0 Å². The van der Waals surface area contributed by atoms with Crippen LogP contribution in [0.5, 0.6) is 0 Å². The summed E-state index contributed by atoms with van der Waals surface area (Å²) in [5, 5.41) is 12.6. The van der Waals surface area contributed by atoms with Crippen LogP contribution in [0.3, 0.4) is 0 Å². The summed E-state index contributed by atoms with van der Waals surface area (Å²) in [5.41, 5.74) is 0.475. The highest BCUT2D eigenvalue weighted by Gasteiger charge is 2.42. The minimum Gasteiger partial charge on any atom is -0.323 e. The largest absolute Gasteiger partial charge is 0.323 e. The molecule has 1 aliphatic rings. The van der Waals surface area contributed by atoms with Crippen molar-refractivity contribution >= 4 is 23.6 Å². The number of hydroxylamine groups is 2. The van der Waals surface area contributed by atoms with Crippen LogP contribution in [0.1, 0.15) is 6.92 Å². The number of nitrogens with zero attached hydrogens (tertiary/aromatic N) is 3. The van der Waals surface area contributed by atoms with Gasteiger partial charge in [-0.1, -0.05) is 0 Å². The van der Waals surface area contributed by atoms with Crippen LogP contribution in [0.15, 0.2) is 23.1 Å². The molecule has 0 radical (unpaired) electrons. The number of nitriles is 1. The Hall–Kier alpha value is -1.82. The molecule has 2 heterocycles. The van der Waals surface area contributed by atoms with Gasteiger partial charge in [0.1, 0.15) is 11.8 Å². The topological polar surface area (TPSA) is 87.1 Å². The van der Waals surface area contributed by atoms with E-state index in [4.69, 9.17) is 9.55 Å². The summed E-state index contributed by atoms with van der Waals surface area (Å²) in [7, 11) is 0. The lowest BCUT2D eigenvalue weighted by Gasteiger charge is -2.07. The van der Waals surface area contributed by atoms with Crippen molar-refractivity contribution in [3.63, 3.8) is 0 Å². The second-order valence-corrected chi connectivity index (χ2v) is 4.82. The standard InChI is InChI=1S/C12H14N4O3S/c1-2-15-7-9(3-4-11(15)17)14-12(18)10-8-16(10)19-20-6-5-13/h3-4,7,10H,2,6,8H2,1H3,(H,14,18). The number of hydrogen-bond acceptors (Lipinski definition) is 6. The number of anilines is 1. The first kappa shape index (κ1) is 14.6. The molecule has 2 rings (SSSR count). The molecule has 2 atom stereocenters. The van der Waals surface area contributed by atoms with Crippen LogP contribution in [0.4, 0.5) is 5.69 Å². The Bertz CT molecular complexity index is 595. The molecule has 106 valence electrons. The molecule has 0 bridgehead atoms. The molecule has 7 nitrogen and oxygen atoms in total. The molecule has 0 saturated carbocycles. The maximum absolute atomic E-state index is 11.9. The molecule has 1 fully saturated rings. The lowest BCUT2D eigenvalue weighted by Crippen LogP contribution is -2.23. The first-order valence-electron chi connectivity index (χ1n) is 6.10. The molecular formula is C12H14N4O3S. The molecular weight excluding hydrogens is 280 g/mol. The van der Waals surface area contributed by atoms with E-state index in [0.29, 0.717) is 18.8 Å². The monoisotopic (exact) mass is 294 g/mol. The predicted molar refractivity (Wildman–Crippen MR) is 74.7 cm³/mol. The maximum Gasteiger partial charge on any atom is 0.250 e. The lowest BCUT2D eigenvalue weighted by atomic mass is 10.3. The van der Waals surface area contributed by atoms with E-state index in [0.717, 1.165) is 12.0 Å². The van der Waals surface area contributed by atoms with Gasteiger partial charge in [0.2, 0.25) is 5.91 Å². The van der Waals surface area contributed by atoms with Gasteiger partial charge in [0, 0.05) is 30.9 Å². The average molecular weight is 294 g/mol. The zero-order chi connectivity index (χ0) is 14.5. The van der Waals surface area contributed by atoms with Crippen molar-refractivity contribution in [1.82, 2.24) is 9.63 Å². The lowest BCUT2D eigenvalue weighted by molar-refractivity contribution is -0.118. The van der Waals surface area contributed by atoms with Crippen LogP contribution in [0.25, 0.3) is 0 Å². The first-order chi connectivity index (χ1) is 9.65. The van der Waals surface area contributed by atoms with E-state index in [9.17, 15) is 9.59 Å². The van der Waals surface area contributed by atoms with Crippen LogP contribution in [0, 0.1) is 11.3 Å². The number of hydrogen-bond donors (Lipinski definition) is 1. The second kappa shape index (κ2) is 6.56. The van der Waals surface area contributed by atoms with Crippen LogP contribution >= 0.6 is 12.0 Å². The Balaban J connectivity index is 1.87. The Morgan fingerprint density at radius 1 is 1.65 bits per heavy atom. The first-order valence-corrected chi connectivity index (χ1v) is 7.01. The summed E-state index contributed by atoms with van der Waals surface area (Å²) < 4.78 is 6.65. The van der Waals surface area contributed by atoms with Crippen LogP contribution < -0.4 is 10.9 Å². The molecule has 0 aromatic carbocycles. The van der Waals surface area contributed by atoms with Gasteiger partial charge < -0.3 is 9.88 Å². The SMILES string of the molecule is CCn1cc(NC(=O)C2CN2OSCC#N)ccc1=O. The van der Waals surface area contributed by atoms with Crippen LogP contribution in [-0.4, -0.2) is 33.9 Å². The van der Waals surface area contributed by atoms with E-state index >= 15 is 0 Å². The van der Waals surface area contributed by atoms with Crippen molar-refractivity contribution in [1.29, 1.82) is 5.26 Å². The number of nitrogens with one attached hydrogen (secondary N) is 1. The van der Waals surface area contributed by atoms with Crippen molar-refractivity contribution in [2.75, 3.05) is 17.6 Å². The van der Waals surface area contributed by atoms with Gasteiger partial charge in [-0.3, -0.25) is 9.59 Å². The van der Waals surface area contributed by atoms with E-state index in [1.165, 1.54) is 15.7 Å². The summed E-state index contributed by atoms with van der Waals surface area (Å²) in [6, 6.07) is 4.58. The molecule has 0 spiro atoms. The van der Waals surface area contributed by atoms with Crippen LogP contribution in [-0.2, 0) is 15.6 Å². The average Bonchev–Trinajstić information content (AvgIpc) is 3.21. The zero-order valence-corrected chi connectivity index (χ0v) is 11.7. The third-order valence-electron chi connectivity index (χ3n) is 2.73. The summed E-state index contributed by atoms with van der Waals surface area (Å²) in [6.45, 7) is 2.90. The van der Waals surface area contributed by atoms with Gasteiger partial charge in [-0.2, -0.15) is 10.3 Å². The quantitative estimate of drug-likeness (QED) is 0.469. The van der Waals surface area contributed by atoms with Crippen molar-refractivity contribution in [3.8, 4) is 6.07 Å². The highest BCUT2D eigenvalue weighted by molar-refractivity contribution is 7.94. The number of amides is 1. The molecule has 1 saturated heterocycles. The summed E-state index contributed by atoms with van der Waals surface area (Å²) >= 11 is 0.999. The Morgan fingerprint density at radius 2 is 2.45 bits per heavy atom. The third-order valence-corrected chi connectivity index (χ3v) is 3.28. The zero-order valence-electron chi connectivity index (χ0n) is 10.9. The van der Waals surface area contributed by atoms with Gasteiger partial charge in [-0.25, -0.2) is 4.28 Å². The maximum atomic E-state index is 11.9. The molecule has 8 heteroatoms. The molecule has 1 aliphatic heterocycles. The normalized spacial score (nSPS) is 20.2. The number of pyridine rings is 1. The highest BCUT2D eigenvalue weighted by Crippen LogP contribution is 2.23. The van der Waals surface area contributed by atoms with E-state index in [-0.39, 0.29) is 23.3 Å². The number of carbonyl (C=O) groups excluding carboxylic acids is 1. The summed E-state index contributed by atoms with van der Waals surface area (Å²) in [4.78, 5) is 23.3. The molecule has 2 unspecified atom stereocenters. The Kier molecular flexibility index (Phi) is 4.79. The molecule has 1 amide bonds. The highest BCUT2D eigenvalue weighted by atomic mass is 32.2. The number of rotatable bonds is 6. The van der Waals surface area contributed by atoms with Gasteiger partial charge in [0.25, 0.3) is 5.56 Å². The molecule has 0 aliphatic carbocycles. The minimum absolute atomic E-state index is 0.102. The van der Waals surface area contributed by atoms with Crippen molar-refractivity contribution in [2.24, 2.45) is 0 Å². The number of carbonyl (C=O) groups is 1. The van der Waals surface area contributed by atoms with Crippen molar-refractivity contribution in [2.45, 2.75) is 19.5 Å². The van der Waals surface area contributed by atoms with Crippen LogP contribution in [0.2, 0.25) is 0 Å². The van der Waals surface area contributed by atoms with E-state index in [1.807, 2.05) is 13.0 Å². The molecule has 1 aromatic rings. The smallest absolute Gasteiger partial charge is 0.250 e. The fourth-order valence-corrected chi connectivity index (χ4v) is 2.02. The molecule has 1 aromatic heterocycles. The van der Waals surface area contributed by atoms with Crippen molar-refractivity contribution in [3.05, 3.63) is 28.7 Å². The number of aryl methyl sites for hydroxylation is 1. The van der Waals surface area contributed by atoms with Gasteiger partial charge >= 0.3 is 0 Å². The molecule has 1 N–H and O–H groups in total. The Labute approximate surface area is 120 Å². The van der Waals surface area contributed by atoms with E-state index < -0.39 is 0 Å². The Morgan fingerprint density at radius 3 is 3.15 bits per heavy atom. The van der Waals surface area contributed by atoms with E-state index in [1.54, 1.807) is 12.3 Å². The van der Waals surface area contributed by atoms with Crippen molar-refractivity contribution < 1.29 is 9.08 Å². The summed E-state index contributed by atoms with van der Waals surface area (Å²) in [5.74, 6) is 0.0237. The van der Waals surface area contributed by atoms with Gasteiger partial charge in [-0.15, -0.1) is 0 Å². The van der Waals surface area contributed by atoms with Gasteiger partial charge in [0.05, 0.1) is 18.3 Å². The second-order valence-electron chi connectivity index (χ2n) is 4.14. The molecule has 20 heavy (non-hydrogen) atoms. The third kappa shape index (κ3) is 3.60. The minimum atomic E-state index is -0.344. The van der Waals surface area contributed by atoms with Gasteiger partial charge in [0.15, 0.2) is 0 Å². The summed E-state index contributed by atoms with van der Waals surface area (Å²) in [6.07, 6.45) is 1.61. The fourth-order valence-electron chi connectivity index (χ4n) is 1.62. The number of aromatic nitrogens is 1. The predicted octanol–water partition coefficient (Wildman–Crippen LogP) is 0.594. The fraction of sp³-hybridized carbons (Fsp3) is 0.417. The van der Waals surface area contributed by atoms with E-state index in [2.05, 4.69) is 5.32 Å².